The summed E-state index contributed by atoms with van der Waals surface area (Å²) in [5.41, 5.74) is 1.27. The maximum atomic E-state index is 5.30. The molecule has 1 aromatic carbocycles. The second-order valence-corrected chi connectivity index (χ2v) is 6.82. The van der Waals surface area contributed by atoms with E-state index in [0.29, 0.717) is 15.0 Å². The van der Waals surface area contributed by atoms with Gasteiger partial charge in [-0.2, -0.15) is 0 Å². The van der Waals surface area contributed by atoms with Crippen molar-refractivity contribution >= 4 is 32.8 Å². The summed E-state index contributed by atoms with van der Waals surface area (Å²) in [6, 6.07) is 10.4. The molecule has 1 rings (SSSR count). The minimum atomic E-state index is 0.436. The fourth-order valence-corrected chi connectivity index (χ4v) is 4.16. The van der Waals surface area contributed by atoms with Crippen molar-refractivity contribution in [2.24, 2.45) is 0 Å². The fourth-order valence-electron chi connectivity index (χ4n) is 1.07. The molecule has 0 saturated carbocycles. The van der Waals surface area contributed by atoms with E-state index in [1.54, 1.807) is 0 Å². The fraction of sp³-hybridized carbons (Fsp3) is 0.231. The molecule has 0 nitrogen and oxygen atoms in total. The molecule has 0 N–H and O–H groups in total. The summed E-state index contributed by atoms with van der Waals surface area (Å²) in [7, 11) is 0. The van der Waals surface area contributed by atoms with Gasteiger partial charge in [-0.1, -0.05) is 0 Å². The normalized spacial score (nSPS) is 11.1. The number of hydrogen-bond acceptors (Lipinski definition) is 1. The summed E-state index contributed by atoms with van der Waals surface area (Å²) in [6.07, 6.45) is 7.55. The van der Waals surface area contributed by atoms with E-state index in [-0.39, 0.29) is 0 Å². The Morgan fingerprint density at radius 2 is 2.20 bits per heavy atom. The topological polar surface area (TPSA) is 0 Å². The molecule has 78 valence electrons. The molecule has 15 heavy (non-hydrogen) atoms. The number of terminal acetylenes is 1. The molecule has 0 heterocycles. The van der Waals surface area contributed by atoms with E-state index < -0.39 is 0 Å². The van der Waals surface area contributed by atoms with Gasteiger partial charge in [-0.25, -0.2) is 0 Å². The Morgan fingerprint density at radius 1 is 1.47 bits per heavy atom. The van der Waals surface area contributed by atoms with Gasteiger partial charge in [0.1, 0.15) is 0 Å². The minimum absolute atomic E-state index is 0.436. The van der Waals surface area contributed by atoms with Gasteiger partial charge < -0.3 is 0 Å². The van der Waals surface area contributed by atoms with Gasteiger partial charge in [-0.05, 0) is 0 Å². The van der Waals surface area contributed by atoms with Crippen molar-refractivity contribution in [2.45, 2.75) is 12.2 Å². The third-order valence-corrected chi connectivity index (χ3v) is 5.21. The van der Waals surface area contributed by atoms with Crippen LogP contribution in [0.3, 0.4) is 0 Å². The van der Waals surface area contributed by atoms with Gasteiger partial charge in [0.15, 0.2) is 0 Å². The summed E-state index contributed by atoms with van der Waals surface area (Å²) < 4.78 is 1.44. The van der Waals surface area contributed by atoms with Crippen molar-refractivity contribution in [2.75, 3.05) is 5.75 Å². The first-order valence-electron chi connectivity index (χ1n) is 4.82. The molecule has 0 aromatic heterocycles. The first-order chi connectivity index (χ1) is 7.36. The summed E-state index contributed by atoms with van der Waals surface area (Å²) >= 11 is 2.34. The van der Waals surface area contributed by atoms with E-state index in [0.717, 1.165) is 11.1 Å². The van der Waals surface area contributed by atoms with Gasteiger partial charge in [0, 0.05) is 0 Å². The van der Waals surface area contributed by atoms with Crippen molar-refractivity contribution < 1.29 is 0 Å². The molecule has 0 bridgehead atoms. The Kier molecular flexibility index (Phi) is 6.36. The average Bonchev–Trinajstić information content (AvgIpc) is 2.28. The van der Waals surface area contributed by atoms with Crippen molar-refractivity contribution in [1.29, 1.82) is 0 Å². The predicted molar refractivity (Wildman–Crippen MR) is 71.9 cm³/mol. The van der Waals surface area contributed by atoms with Gasteiger partial charge in [-0.15, -0.1) is 0 Å². The number of hydrogen-bond donors (Lipinski definition) is 0. The summed E-state index contributed by atoms with van der Waals surface area (Å²) in [5, 5.41) is 0.888. The zero-order valence-electron chi connectivity index (χ0n) is 8.77. The van der Waals surface area contributed by atoms with E-state index in [1.165, 1.54) is 9.37 Å². The molecular formula is C13H14SSe. The summed E-state index contributed by atoms with van der Waals surface area (Å²) in [6.45, 7) is 2.18. The predicted octanol–water partition coefficient (Wildman–Crippen LogP) is 3.49. The van der Waals surface area contributed by atoms with Crippen molar-refractivity contribution in [3.8, 4) is 12.3 Å². The molecular weight excluding hydrogens is 267 g/mol. The second-order valence-electron chi connectivity index (χ2n) is 2.80. The molecule has 0 saturated heterocycles. The van der Waals surface area contributed by atoms with E-state index in [4.69, 9.17) is 6.42 Å². The molecule has 0 unspecified atom stereocenters. The van der Waals surface area contributed by atoms with Crippen LogP contribution in [0.2, 0.25) is 5.32 Å². The van der Waals surface area contributed by atoms with Gasteiger partial charge in [0.25, 0.3) is 0 Å². The standard InChI is InChI=1S/C13H14SSe/c1-3-10-15-13(14-4-2)11-12-8-6-5-7-9-12/h1,5-9,11H,4,10H2,2H3/b13-11+. The maximum absolute atomic E-state index is 5.30. The van der Waals surface area contributed by atoms with Crippen LogP contribution < -0.4 is 0 Å². The first-order valence-corrected chi connectivity index (χ1v) is 7.88. The quantitative estimate of drug-likeness (QED) is 0.588. The van der Waals surface area contributed by atoms with E-state index in [2.05, 4.69) is 43.2 Å². The van der Waals surface area contributed by atoms with Crippen molar-refractivity contribution in [3.05, 3.63) is 39.7 Å². The summed E-state index contributed by atoms with van der Waals surface area (Å²) in [5.74, 6) is 3.83. The van der Waals surface area contributed by atoms with Crippen LogP contribution in [-0.4, -0.2) is 20.7 Å². The molecule has 1 aromatic rings. The average molecular weight is 281 g/mol. The molecule has 2 heteroatoms. The molecule has 0 spiro atoms. The van der Waals surface area contributed by atoms with E-state index in [1.807, 2.05) is 17.8 Å². The molecule has 0 radical (unpaired) electrons. The van der Waals surface area contributed by atoms with E-state index >= 15 is 0 Å². The Labute approximate surface area is 103 Å². The Morgan fingerprint density at radius 3 is 2.80 bits per heavy atom. The van der Waals surface area contributed by atoms with Crippen LogP contribution in [-0.2, 0) is 0 Å². The van der Waals surface area contributed by atoms with Crippen molar-refractivity contribution in [1.82, 2.24) is 0 Å². The molecule has 0 aliphatic rings. The third-order valence-electron chi connectivity index (χ3n) is 1.67. The molecule has 0 amide bonds. The van der Waals surface area contributed by atoms with Crippen LogP contribution in [0.5, 0.6) is 0 Å². The SMILES string of the molecule is C#CC[Se]/C(=C/c1ccccc1)SCC. The van der Waals surface area contributed by atoms with Gasteiger partial charge in [-0.3, -0.25) is 0 Å². The Balaban J connectivity index is 2.70. The number of benzene rings is 1. The van der Waals surface area contributed by atoms with Crippen LogP contribution in [0, 0.1) is 12.3 Å². The van der Waals surface area contributed by atoms with Gasteiger partial charge >= 0.3 is 103 Å². The molecule has 0 fully saturated rings. The number of rotatable bonds is 5. The van der Waals surface area contributed by atoms with Crippen LogP contribution in [0.15, 0.2) is 34.1 Å². The monoisotopic (exact) mass is 282 g/mol. The Hall–Kier alpha value is -0.611. The van der Waals surface area contributed by atoms with Crippen LogP contribution in [0.4, 0.5) is 0 Å². The summed E-state index contributed by atoms with van der Waals surface area (Å²) in [4.78, 5) is 0. The Bertz CT molecular complexity index is 349. The molecule has 0 atom stereocenters. The van der Waals surface area contributed by atoms with Crippen LogP contribution in [0.1, 0.15) is 12.5 Å². The first kappa shape index (κ1) is 12.5. The van der Waals surface area contributed by atoms with Gasteiger partial charge in [0.2, 0.25) is 0 Å². The van der Waals surface area contributed by atoms with Crippen LogP contribution in [0.25, 0.3) is 6.08 Å². The van der Waals surface area contributed by atoms with Crippen molar-refractivity contribution in [3.63, 3.8) is 0 Å². The second kappa shape index (κ2) is 7.65. The molecule has 0 aliphatic carbocycles. The third kappa shape index (κ3) is 5.14. The molecule has 0 aliphatic heterocycles. The zero-order valence-corrected chi connectivity index (χ0v) is 11.3. The van der Waals surface area contributed by atoms with E-state index in [9.17, 15) is 0 Å². The van der Waals surface area contributed by atoms with Crippen LogP contribution >= 0.6 is 11.8 Å². The van der Waals surface area contributed by atoms with Gasteiger partial charge in [0.05, 0.1) is 0 Å². The zero-order chi connectivity index (χ0) is 10.9. The number of thioether (sulfide) groups is 1.